The van der Waals surface area contributed by atoms with Crippen molar-refractivity contribution in [3.63, 3.8) is 0 Å². The van der Waals surface area contributed by atoms with E-state index in [-0.39, 0.29) is 19.0 Å². The molecule has 3 aromatic heterocycles. The van der Waals surface area contributed by atoms with Crippen molar-refractivity contribution in [1.82, 2.24) is 19.5 Å². The van der Waals surface area contributed by atoms with Crippen molar-refractivity contribution < 1.29 is 46.6 Å². The second-order valence-corrected chi connectivity index (χ2v) is 11.0. The molecule has 6 N–H and O–H groups in total. The Balaban J connectivity index is 1.69. The fourth-order valence-electron chi connectivity index (χ4n) is 2.71. The Labute approximate surface area is 180 Å². The van der Waals surface area contributed by atoms with E-state index in [9.17, 15) is 23.5 Å². The van der Waals surface area contributed by atoms with Crippen LogP contribution >= 0.6 is 23.2 Å². The number of anilines is 1. The number of nitrogens with two attached hydrogens (primary N) is 1. The maximum Gasteiger partial charge on any atom is 0.488 e. The maximum atomic E-state index is 11.9. The zero-order valence-electron chi connectivity index (χ0n) is 16.0. The zero-order chi connectivity index (χ0) is 23.6. The fraction of sp³-hybridized carbons (Fsp3) is 0.214. The van der Waals surface area contributed by atoms with Crippen LogP contribution in [0.1, 0.15) is 0 Å². The van der Waals surface area contributed by atoms with Gasteiger partial charge in [-0.2, -0.15) is 4.31 Å². The van der Waals surface area contributed by atoms with Crippen LogP contribution in [0.2, 0.25) is 0 Å². The first-order chi connectivity index (χ1) is 14.9. The quantitative estimate of drug-likeness (QED) is 0.192. The van der Waals surface area contributed by atoms with E-state index in [1.165, 1.54) is 6.33 Å². The molecule has 0 aliphatic heterocycles. The molecular weight excluding hydrogens is 491 g/mol. The largest absolute Gasteiger partial charge is 0.488 e. The van der Waals surface area contributed by atoms with Gasteiger partial charge in [-0.05, 0) is 12.1 Å². The maximum absolute atomic E-state index is 11.9. The van der Waals surface area contributed by atoms with Crippen LogP contribution in [-0.2, 0) is 33.6 Å². The fourth-order valence-corrected chi connectivity index (χ4v) is 6.01. The van der Waals surface area contributed by atoms with Gasteiger partial charge in [0.2, 0.25) is 0 Å². The van der Waals surface area contributed by atoms with Gasteiger partial charge in [0.05, 0.1) is 17.7 Å². The van der Waals surface area contributed by atoms with Gasteiger partial charge < -0.3 is 34.6 Å². The molecule has 0 spiro atoms. The molecule has 18 heteroatoms. The minimum absolute atomic E-state index is 0.121. The van der Waals surface area contributed by atoms with Crippen LogP contribution in [0.4, 0.5) is 5.82 Å². The topological polar surface area (TPSA) is 229 Å². The van der Waals surface area contributed by atoms with Crippen LogP contribution in [-0.4, -0.2) is 52.0 Å². The van der Waals surface area contributed by atoms with Gasteiger partial charge in [0.25, 0.3) is 0 Å². The van der Waals surface area contributed by atoms with Crippen LogP contribution in [0, 0.1) is 0 Å². The van der Waals surface area contributed by atoms with Crippen molar-refractivity contribution in [3.05, 3.63) is 36.9 Å². The molecule has 2 unspecified atom stereocenters. The van der Waals surface area contributed by atoms with Gasteiger partial charge >= 0.3 is 23.2 Å². The molecule has 0 aromatic carbocycles. The molecule has 3 rings (SSSR count). The Kier molecular flexibility index (Phi) is 7.28. The van der Waals surface area contributed by atoms with Crippen molar-refractivity contribution in [2.45, 2.75) is 6.54 Å². The second-order valence-electron chi connectivity index (χ2n) is 6.21. The average molecular weight is 509 g/mol. The molecule has 3 heterocycles. The van der Waals surface area contributed by atoms with Crippen molar-refractivity contribution in [3.8, 4) is 11.3 Å². The standard InChI is InChI=1S/C14H18N5O10P3/c15-13-12-10(11-3-1-2-4-16-11)7-19(14(12)18-8-17-13)5-6-27-9-30(20,21)28-32(25,26)29-31(22,23)24/h1-4,7-8H,5-6,9H2,(H,20,21)(H,25,26)(H2,15,17,18)(H2,22,23,24). The first kappa shape index (κ1) is 24.6. The molecule has 0 saturated heterocycles. The predicted octanol–water partition coefficient (Wildman–Crippen LogP) is 1.46. The van der Waals surface area contributed by atoms with Gasteiger partial charge in [-0.25, -0.2) is 23.4 Å². The zero-order valence-corrected chi connectivity index (χ0v) is 18.7. The smallest absolute Gasteiger partial charge is 0.383 e. The second kappa shape index (κ2) is 9.46. The molecule has 0 aliphatic carbocycles. The summed E-state index contributed by atoms with van der Waals surface area (Å²) in [5, 5.41) is 0.554. The molecule has 32 heavy (non-hydrogen) atoms. The lowest BCUT2D eigenvalue weighted by Gasteiger charge is -2.16. The van der Waals surface area contributed by atoms with E-state index in [1.807, 2.05) is 0 Å². The third-order valence-corrected chi connectivity index (χ3v) is 7.83. The van der Waals surface area contributed by atoms with Crippen LogP contribution in [0.3, 0.4) is 0 Å². The third kappa shape index (κ3) is 6.50. The van der Waals surface area contributed by atoms with Crippen molar-refractivity contribution in [2.24, 2.45) is 0 Å². The monoisotopic (exact) mass is 509 g/mol. The Morgan fingerprint density at radius 3 is 2.44 bits per heavy atom. The SMILES string of the molecule is Nc1ncnc2c1c(-c1ccccn1)cn2CCOCP(=O)(O)OP(=O)(O)OP(=O)(O)O. The van der Waals surface area contributed by atoms with E-state index in [2.05, 4.69) is 23.6 Å². The number of fused-ring (bicyclic) bond motifs is 1. The lowest BCUT2D eigenvalue weighted by Crippen LogP contribution is -2.08. The van der Waals surface area contributed by atoms with Crippen molar-refractivity contribution in [1.29, 1.82) is 0 Å². The molecule has 3 aromatic rings. The van der Waals surface area contributed by atoms with Gasteiger partial charge in [-0.1, -0.05) is 6.07 Å². The van der Waals surface area contributed by atoms with E-state index in [1.54, 1.807) is 35.2 Å². The summed E-state index contributed by atoms with van der Waals surface area (Å²) in [7, 11) is -15.8. The number of ether oxygens (including phenoxy) is 1. The number of phosphoric acid groups is 2. The first-order valence-corrected chi connectivity index (χ1v) is 13.4. The predicted molar refractivity (Wildman–Crippen MR) is 110 cm³/mol. The highest BCUT2D eigenvalue weighted by Crippen LogP contribution is 2.65. The summed E-state index contributed by atoms with van der Waals surface area (Å²) in [6.45, 7) is -0.0477. The minimum Gasteiger partial charge on any atom is -0.383 e. The minimum atomic E-state index is -5.51. The van der Waals surface area contributed by atoms with E-state index < -0.39 is 29.6 Å². The van der Waals surface area contributed by atoms with Gasteiger partial charge in [-0.3, -0.25) is 9.55 Å². The van der Waals surface area contributed by atoms with E-state index in [0.29, 0.717) is 22.3 Å². The lowest BCUT2D eigenvalue weighted by molar-refractivity contribution is 0.146. The van der Waals surface area contributed by atoms with Gasteiger partial charge in [0, 0.05) is 24.5 Å². The number of hydrogen-bond donors (Lipinski definition) is 5. The number of rotatable bonds is 10. The molecule has 0 fully saturated rings. The van der Waals surface area contributed by atoms with E-state index >= 15 is 0 Å². The van der Waals surface area contributed by atoms with Gasteiger partial charge in [0.1, 0.15) is 24.1 Å². The summed E-state index contributed by atoms with van der Waals surface area (Å²) >= 11 is 0. The summed E-state index contributed by atoms with van der Waals surface area (Å²) in [6.07, 6.45) is 3.53. The summed E-state index contributed by atoms with van der Waals surface area (Å²) < 4.78 is 48.0. The summed E-state index contributed by atoms with van der Waals surface area (Å²) in [5.41, 5.74) is 7.73. The molecule has 0 bridgehead atoms. The van der Waals surface area contributed by atoms with E-state index in [0.717, 1.165) is 0 Å². The summed E-state index contributed by atoms with van der Waals surface area (Å²) in [6, 6.07) is 5.32. The highest BCUT2D eigenvalue weighted by molar-refractivity contribution is 7.68. The van der Waals surface area contributed by atoms with Gasteiger partial charge in [0.15, 0.2) is 0 Å². The molecule has 0 radical (unpaired) electrons. The highest BCUT2D eigenvalue weighted by Gasteiger charge is 2.39. The number of hydrogen-bond acceptors (Lipinski definition) is 10. The first-order valence-electron chi connectivity index (χ1n) is 8.58. The molecule has 0 amide bonds. The average Bonchev–Trinajstić information content (AvgIpc) is 3.03. The van der Waals surface area contributed by atoms with Crippen molar-refractivity contribution >= 4 is 40.1 Å². The summed E-state index contributed by atoms with van der Waals surface area (Å²) in [5.74, 6) is 0.229. The highest BCUT2D eigenvalue weighted by atomic mass is 31.3. The van der Waals surface area contributed by atoms with Crippen molar-refractivity contribution in [2.75, 3.05) is 18.7 Å². The number of nitrogen functional groups attached to an aromatic ring is 1. The number of nitrogens with zero attached hydrogens (tertiary/aromatic N) is 4. The third-order valence-electron chi connectivity index (χ3n) is 3.80. The van der Waals surface area contributed by atoms with Crippen LogP contribution in [0.5, 0.6) is 0 Å². The van der Waals surface area contributed by atoms with Gasteiger partial charge in [-0.15, -0.1) is 0 Å². The van der Waals surface area contributed by atoms with E-state index in [4.69, 9.17) is 20.3 Å². The lowest BCUT2D eigenvalue weighted by atomic mass is 10.1. The van der Waals surface area contributed by atoms with Crippen LogP contribution in [0.25, 0.3) is 22.3 Å². The molecule has 15 nitrogen and oxygen atoms in total. The Morgan fingerprint density at radius 2 is 1.78 bits per heavy atom. The molecule has 174 valence electrons. The normalized spacial score (nSPS) is 16.0. The number of pyridine rings is 1. The van der Waals surface area contributed by atoms with Crippen LogP contribution in [0.15, 0.2) is 36.9 Å². The Hall–Kier alpha value is -2.02. The Bertz CT molecular complexity index is 1250. The number of aromatic nitrogens is 4. The summed E-state index contributed by atoms with van der Waals surface area (Å²) in [4.78, 5) is 48.3. The molecule has 2 atom stereocenters. The molecule has 0 aliphatic rings. The molecule has 0 saturated carbocycles. The Morgan fingerprint density at radius 1 is 1.03 bits per heavy atom. The van der Waals surface area contributed by atoms with Crippen LogP contribution < -0.4 is 5.73 Å². The molecular formula is C14H18N5O10P3.